The molecular weight excluding hydrogens is 469 g/mol. The number of Topliss-reactive ketones (excluding diaryl/α,β-unsaturated/α-hetero) is 1. The molecule has 7 heteroatoms. The summed E-state index contributed by atoms with van der Waals surface area (Å²) in [6.07, 6.45) is 3.68. The maximum absolute atomic E-state index is 14.6. The van der Waals surface area contributed by atoms with E-state index in [4.69, 9.17) is 14.2 Å². The Kier molecular flexibility index (Phi) is 7.16. The zero-order valence-electron chi connectivity index (χ0n) is 19.8. The SMILES string of the molecule is O=C(CCc1c(F)cccc1F)c1cc([C@@H]2CCCC[C@H]2COc2ccc3c(c2)OCO3)ccc1F. The van der Waals surface area contributed by atoms with Gasteiger partial charge in [-0.05, 0) is 73.1 Å². The molecule has 36 heavy (non-hydrogen) atoms. The summed E-state index contributed by atoms with van der Waals surface area (Å²) in [5.41, 5.74) is 0.691. The summed E-state index contributed by atoms with van der Waals surface area (Å²) in [5.74, 6) is -0.145. The van der Waals surface area contributed by atoms with E-state index in [-0.39, 0.29) is 42.6 Å². The van der Waals surface area contributed by atoms with Gasteiger partial charge in [-0.25, -0.2) is 13.2 Å². The van der Waals surface area contributed by atoms with Crippen LogP contribution in [0.2, 0.25) is 0 Å². The van der Waals surface area contributed by atoms with E-state index in [0.29, 0.717) is 23.9 Å². The Hall–Kier alpha value is -3.48. The second-order valence-electron chi connectivity index (χ2n) is 9.34. The molecule has 1 saturated carbocycles. The van der Waals surface area contributed by atoms with Crippen molar-refractivity contribution in [2.24, 2.45) is 5.92 Å². The van der Waals surface area contributed by atoms with E-state index in [1.165, 1.54) is 12.1 Å². The van der Waals surface area contributed by atoms with Crippen molar-refractivity contribution in [1.82, 2.24) is 0 Å². The lowest BCUT2D eigenvalue weighted by atomic mass is 9.75. The minimum Gasteiger partial charge on any atom is -0.493 e. The van der Waals surface area contributed by atoms with E-state index >= 15 is 0 Å². The van der Waals surface area contributed by atoms with Crippen molar-refractivity contribution in [2.45, 2.75) is 44.4 Å². The number of carbonyl (C=O) groups excluding carboxylic acids is 1. The fraction of sp³-hybridized carbons (Fsp3) is 0.345. The number of benzene rings is 3. The van der Waals surface area contributed by atoms with E-state index in [1.807, 2.05) is 18.2 Å². The lowest BCUT2D eigenvalue weighted by Crippen LogP contribution is -2.24. The van der Waals surface area contributed by atoms with Gasteiger partial charge in [-0.1, -0.05) is 25.0 Å². The molecule has 5 rings (SSSR count). The number of ether oxygens (including phenoxy) is 3. The van der Waals surface area contributed by atoms with E-state index in [1.54, 1.807) is 12.1 Å². The van der Waals surface area contributed by atoms with Gasteiger partial charge in [-0.2, -0.15) is 0 Å². The molecule has 3 aromatic carbocycles. The average molecular weight is 497 g/mol. The molecular formula is C29H27F3O4. The Balaban J connectivity index is 1.28. The summed E-state index contributed by atoms with van der Waals surface area (Å²) < 4.78 is 59.4. The quantitative estimate of drug-likeness (QED) is 0.315. The molecule has 188 valence electrons. The highest BCUT2D eigenvalue weighted by molar-refractivity contribution is 5.96. The second kappa shape index (κ2) is 10.6. The third-order valence-corrected chi connectivity index (χ3v) is 7.10. The first-order valence-corrected chi connectivity index (χ1v) is 12.3. The van der Waals surface area contributed by atoms with Crippen LogP contribution in [0.3, 0.4) is 0 Å². The summed E-state index contributed by atoms with van der Waals surface area (Å²) in [7, 11) is 0. The van der Waals surface area contributed by atoms with E-state index < -0.39 is 23.2 Å². The summed E-state index contributed by atoms with van der Waals surface area (Å²) in [5, 5.41) is 0. The third-order valence-electron chi connectivity index (χ3n) is 7.10. The zero-order valence-corrected chi connectivity index (χ0v) is 19.8. The molecule has 1 aliphatic carbocycles. The van der Waals surface area contributed by atoms with Crippen molar-refractivity contribution in [3.63, 3.8) is 0 Å². The predicted octanol–water partition coefficient (Wildman–Crippen LogP) is 7.00. The van der Waals surface area contributed by atoms with Crippen LogP contribution in [0, 0.1) is 23.4 Å². The molecule has 1 aliphatic heterocycles. The van der Waals surface area contributed by atoms with Crippen molar-refractivity contribution in [1.29, 1.82) is 0 Å². The highest BCUT2D eigenvalue weighted by atomic mass is 19.1. The fourth-order valence-electron chi connectivity index (χ4n) is 5.15. The van der Waals surface area contributed by atoms with Gasteiger partial charge in [0.05, 0.1) is 12.2 Å². The number of ketones is 1. The number of fused-ring (bicyclic) bond motifs is 1. The van der Waals surface area contributed by atoms with Gasteiger partial charge in [0, 0.05) is 18.1 Å². The fourth-order valence-corrected chi connectivity index (χ4v) is 5.15. The van der Waals surface area contributed by atoms with Crippen molar-refractivity contribution in [2.75, 3.05) is 13.4 Å². The molecule has 0 unspecified atom stereocenters. The lowest BCUT2D eigenvalue weighted by Gasteiger charge is -2.32. The smallest absolute Gasteiger partial charge is 0.231 e. The van der Waals surface area contributed by atoms with Gasteiger partial charge in [0.25, 0.3) is 0 Å². The minimum absolute atomic E-state index is 0.0368. The summed E-state index contributed by atoms with van der Waals surface area (Å²) in [4.78, 5) is 12.9. The molecule has 4 nitrogen and oxygen atoms in total. The first-order chi connectivity index (χ1) is 17.5. The molecule has 2 atom stereocenters. The van der Waals surface area contributed by atoms with Crippen LogP contribution in [0.5, 0.6) is 17.2 Å². The number of carbonyl (C=O) groups is 1. The van der Waals surface area contributed by atoms with Crippen LogP contribution >= 0.6 is 0 Å². The van der Waals surface area contributed by atoms with Gasteiger partial charge in [0.1, 0.15) is 23.2 Å². The summed E-state index contributed by atoms with van der Waals surface area (Å²) in [6, 6.07) is 13.7. The van der Waals surface area contributed by atoms with Crippen LogP contribution in [0.4, 0.5) is 13.2 Å². The monoisotopic (exact) mass is 496 g/mol. The van der Waals surface area contributed by atoms with Crippen LogP contribution in [-0.2, 0) is 6.42 Å². The minimum atomic E-state index is -0.704. The number of halogens is 3. The van der Waals surface area contributed by atoms with Crippen molar-refractivity contribution >= 4 is 5.78 Å². The molecule has 0 radical (unpaired) electrons. The molecule has 3 aromatic rings. The molecule has 0 aromatic heterocycles. The molecule has 1 fully saturated rings. The summed E-state index contributed by atoms with van der Waals surface area (Å²) in [6.45, 7) is 0.682. The van der Waals surface area contributed by atoms with Crippen molar-refractivity contribution in [3.8, 4) is 17.2 Å². The maximum atomic E-state index is 14.6. The first kappa shape index (κ1) is 24.2. The first-order valence-electron chi connectivity index (χ1n) is 12.3. The second-order valence-corrected chi connectivity index (χ2v) is 9.34. The summed E-state index contributed by atoms with van der Waals surface area (Å²) >= 11 is 0. The number of hydrogen-bond acceptors (Lipinski definition) is 4. The van der Waals surface area contributed by atoms with Crippen LogP contribution in [0.15, 0.2) is 54.6 Å². The Morgan fingerprint density at radius 1 is 0.889 bits per heavy atom. The number of hydrogen-bond donors (Lipinski definition) is 0. The molecule has 0 N–H and O–H groups in total. The van der Waals surface area contributed by atoms with E-state index in [0.717, 1.165) is 43.4 Å². The van der Waals surface area contributed by atoms with E-state index in [2.05, 4.69) is 0 Å². The van der Waals surface area contributed by atoms with Crippen molar-refractivity contribution in [3.05, 3.63) is 88.7 Å². The zero-order chi connectivity index (χ0) is 25.1. The molecule has 0 spiro atoms. The van der Waals surface area contributed by atoms with Gasteiger partial charge in [-0.15, -0.1) is 0 Å². The standard InChI is InChI=1S/C29H27F3O4/c30-24-6-3-7-25(31)22(24)10-12-27(33)23-14-18(8-11-26(23)32)21-5-2-1-4-19(21)16-34-20-9-13-28-29(15-20)36-17-35-28/h3,6-9,11,13-15,19,21H,1-2,4-5,10,12,16-17H2/t19-,21-/m0/s1. The molecule has 0 amide bonds. The Bertz CT molecular complexity index is 1240. The maximum Gasteiger partial charge on any atom is 0.231 e. The Morgan fingerprint density at radius 3 is 2.50 bits per heavy atom. The van der Waals surface area contributed by atoms with Crippen LogP contribution in [-0.4, -0.2) is 19.2 Å². The lowest BCUT2D eigenvalue weighted by molar-refractivity contribution is 0.0978. The Morgan fingerprint density at radius 2 is 1.67 bits per heavy atom. The highest BCUT2D eigenvalue weighted by Gasteiger charge is 2.29. The van der Waals surface area contributed by atoms with Gasteiger partial charge in [-0.3, -0.25) is 4.79 Å². The molecule has 2 aliphatic rings. The Labute approximate surface area is 208 Å². The van der Waals surface area contributed by atoms with Crippen LogP contribution < -0.4 is 14.2 Å². The van der Waals surface area contributed by atoms with Gasteiger partial charge in [0.2, 0.25) is 6.79 Å². The normalized spacial score (nSPS) is 18.8. The van der Waals surface area contributed by atoms with Gasteiger partial charge in [0.15, 0.2) is 17.3 Å². The highest BCUT2D eigenvalue weighted by Crippen LogP contribution is 2.40. The van der Waals surface area contributed by atoms with Crippen LogP contribution in [0.1, 0.15) is 59.5 Å². The molecule has 1 heterocycles. The average Bonchev–Trinajstić information content (AvgIpc) is 3.35. The van der Waals surface area contributed by atoms with Crippen molar-refractivity contribution < 1.29 is 32.2 Å². The predicted molar refractivity (Wildman–Crippen MR) is 128 cm³/mol. The topological polar surface area (TPSA) is 44.8 Å². The molecule has 0 saturated heterocycles. The van der Waals surface area contributed by atoms with Crippen LogP contribution in [0.25, 0.3) is 0 Å². The molecule has 0 bridgehead atoms. The van der Waals surface area contributed by atoms with Gasteiger partial charge >= 0.3 is 0 Å². The third kappa shape index (κ3) is 5.20. The van der Waals surface area contributed by atoms with Gasteiger partial charge < -0.3 is 14.2 Å². The van der Waals surface area contributed by atoms with E-state index in [9.17, 15) is 18.0 Å². The number of rotatable bonds is 8. The largest absolute Gasteiger partial charge is 0.493 e.